The van der Waals surface area contributed by atoms with E-state index in [4.69, 9.17) is 5.11 Å². The molecule has 1 aliphatic rings. The number of halogens is 4. The summed E-state index contributed by atoms with van der Waals surface area (Å²) < 4.78 is 52.1. The molecule has 2 aromatic rings. The van der Waals surface area contributed by atoms with Gasteiger partial charge in [-0.1, -0.05) is 18.2 Å². The van der Waals surface area contributed by atoms with E-state index in [0.717, 1.165) is 6.08 Å². The van der Waals surface area contributed by atoms with Crippen LogP contribution in [-0.4, -0.2) is 23.3 Å². The van der Waals surface area contributed by atoms with Gasteiger partial charge in [-0.05, 0) is 47.0 Å². The number of anilines is 1. The molecule has 0 unspecified atom stereocenters. The molecule has 0 saturated carbocycles. The Balaban J connectivity index is 2.06. The standard InChI is InChI=1S/C17H11F4NO2/c18-12-4-1-9(2-5-12)10-3-6-14-11(7-10)8-13(16(23)24)15(22-14)17(19,20)21/h1-8,15,22H,(H,23,24)/t15-/m0/s1. The van der Waals surface area contributed by atoms with Gasteiger partial charge in [0.2, 0.25) is 0 Å². The predicted octanol–water partition coefficient (Wildman–Crippen LogP) is 4.32. The van der Waals surface area contributed by atoms with Crippen molar-refractivity contribution in [3.8, 4) is 11.1 Å². The number of carbonyl (C=O) groups is 1. The summed E-state index contributed by atoms with van der Waals surface area (Å²) in [6.45, 7) is 0. The minimum absolute atomic E-state index is 0.188. The highest BCUT2D eigenvalue weighted by Gasteiger charge is 2.46. The number of carboxylic acid groups (broad SMARTS) is 1. The average molecular weight is 337 g/mol. The molecular formula is C17H11F4NO2. The number of benzene rings is 2. The Morgan fingerprint density at radius 1 is 1.04 bits per heavy atom. The molecule has 0 saturated heterocycles. The normalized spacial score (nSPS) is 16.8. The molecule has 0 bridgehead atoms. The first-order valence-corrected chi connectivity index (χ1v) is 6.94. The minimum Gasteiger partial charge on any atom is -0.478 e. The minimum atomic E-state index is -4.72. The van der Waals surface area contributed by atoms with Crippen molar-refractivity contribution in [3.05, 3.63) is 59.4 Å². The molecule has 0 fully saturated rings. The van der Waals surface area contributed by atoms with E-state index < -0.39 is 29.6 Å². The van der Waals surface area contributed by atoms with E-state index in [1.54, 1.807) is 12.1 Å². The highest BCUT2D eigenvalue weighted by atomic mass is 19.4. The Bertz CT molecular complexity index is 825. The molecule has 7 heteroatoms. The van der Waals surface area contributed by atoms with Gasteiger partial charge in [0, 0.05) is 5.69 Å². The number of nitrogens with one attached hydrogen (secondary N) is 1. The van der Waals surface area contributed by atoms with Gasteiger partial charge in [-0.15, -0.1) is 0 Å². The fourth-order valence-electron chi connectivity index (χ4n) is 2.56. The van der Waals surface area contributed by atoms with Crippen LogP contribution in [0.25, 0.3) is 17.2 Å². The Kier molecular flexibility index (Phi) is 3.79. The second-order valence-corrected chi connectivity index (χ2v) is 5.33. The number of rotatable bonds is 2. The average Bonchev–Trinajstić information content (AvgIpc) is 2.53. The summed E-state index contributed by atoms with van der Waals surface area (Å²) in [4.78, 5) is 11.2. The van der Waals surface area contributed by atoms with E-state index >= 15 is 0 Å². The molecular weight excluding hydrogens is 326 g/mol. The maximum atomic E-state index is 13.0. The third kappa shape index (κ3) is 2.97. The molecule has 2 aromatic carbocycles. The Labute approximate surface area is 134 Å². The van der Waals surface area contributed by atoms with Crippen molar-refractivity contribution in [3.63, 3.8) is 0 Å². The van der Waals surface area contributed by atoms with E-state index in [0.29, 0.717) is 16.7 Å². The zero-order valence-electron chi connectivity index (χ0n) is 12.1. The van der Waals surface area contributed by atoms with Gasteiger partial charge < -0.3 is 10.4 Å². The van der Waals surface area contributed by atoms with Gasteiger partial charge in [0.05, 0.1) is 5.57 Å². The summed E-state index contributed by atoms with van der Waals surface area (Å²) in [6, 6.07) is 7.94. The number of aliphatic carboxylic acids is 1. The Morgan fingerprint density at radius 2 is 1.67 bits per heavy atom. The maximum Gasteiger partial charge on any atom is 0.413 e. The molecule has 0 spiro atoms. The van der Waals surface area contributed by atoms with Gasteiger partial charge in [0.25, 0.3) is 0 Å². The maximum absolute atomic E-state index is 13.0. The summed E-state index contributed by atoms with van der Waals surface area (Å²) in [7, 11) is 0. The number of hydrogen-bond donors (Lipinski definition) is 2. The lowest BCUT2D eigenvalue weighted by Crippen LogP contribution is -2.41. The molecule has 0 aromatic heterocycles. The van der Waals surface area contributed by atoms with Gasteiger partial charge >= 0.3 is 12.1 Å². The topological polar surface area (TPSA) is 49.3 Å². The van der Waals surface area contributed by atoms with Crippen molar-refractivity contribution in [2.24, 2.45) is 0 Å². The molecule has 0 amide bonds. The van der Waals surface area contributed by atoms with Crippen LogP contribution in [0.2, 0.25) is 0 Å². The zero-order chi connectivity index (χ0) is 17.5. The molecule has 1 heterocycles. The fraction of sp³-hybridized carbons (Fsp3) is 0.118. The van der Waals surface area contributed by atoms with E-state index in [-0.39, 0.29) is 5.69 Å². The number of carboxylic acids is 1. The first-order chi connectivity index (χ1) is 11.3. The van der Waals surface area contributed by atoms with E-state index in [1.165, 1.54) is 30.3 Å². The zero-order valence-corrected chi connectivity index (χ0v) is 12.1. The van der Waals surface area contributed by atoms with Crippen LogP contribution in [0.15, 0.2) is 48.0 Å². The van der Waals surface area contributed by atoms with Crippen molar-refractivity contribution in [1.29, 1.82) is 0 Å². The van der Waals surface area contributed by atoms with Crippen LogP contribution in [0.4, 0.5) is 23.2 Å². The molecule has 1 aliphatic heterocycles. The molecule has 1 atom stereocenters. The third-order valence-electron chi connectivity index (χ3n) is 3.73. The molecule has 0 radical (unpaired) electrons. The van der Waals surface area contributed by atoms with Crippen molar-refractivity contribution in [2.75, 3.05) is 5.32 Å². The lowest BCUT2D eigenvalue weighted by atomic mass is 9.94. The van der Waals surface area contributed by atoms with Crippen molar-refractivity contribution >= 4 is 17.7 Å². The molecule has 124 valence electrons. The highest BCUT2D eigenvalue weighted by Crippen LogP contribution is 2.37. The predicted molar refractivity (Wildman–Crippen MR) is 80.9 cm³/mol. The second-order valence-electron chi connectivity index (χ2n) is 5.33. The number of alkyl halides is 3. The Morgan fingerprint density at radius 3 is 2.25 bits per heavy atom. The third-order valence-corrected chi connectivity index (χ3v) is 3.73. The summed E-state index contributed by atoms with van der Waals surface area (Å²) in [5.74, 6) is -2.04. The van der Waals surface area contributed by atoms with E-state index in [9.17, 15) is 22.4 Å². The monoisotopic (exact) mass is 337 g/mol. The number of fused-ring (bicyclic) bond motifs is 1. The largest absolute Gasteiger partial charge is 0.478 e. The van der Waals surface area contributed by atoms with Crippen molar-refractivity contribution < 1.29 is 27.5 Å². The van der Waals surface area contributed by atoms with Crippen LogP contribution in [0.5, 0.6) is 0 Å². The van der Waals surface area contributed by atoms with E-state index in [2.05, 4.69) is 5.32 Å². The smallest absolute Gasteiger partial charge is 0.413 e. The molecule has 3 nitrogen and oxygen atoms in total. The lowest BCUT2D eigenvalue weighted by Gasteiger charge is -2.28. The van der Waals surface area contributed by atoms with Gasteiger partial charge in [-0.2, -0.15) is 13.2 Å². The van der Waals surface area contributed by atoms with Gasteiger partial charge in [-0.3, -0.25) is 0 Å². The fourth-order valence-corrected chi connectivity index (χ4v) is 2.56. The first-order valence-electron chi connectivity index (χ1n) is 6.94. The van der Waals surface area contributed by atoms with Gasteiger partial charge in [-0.25, -0.2) is 9.18 Å². The van der Waals surface area contributed by atoms with Crippen molar-refractivity contribution in [2.45, 2.75) is 12.2 Å². The summed E-state index contributed by atoms with van der Waals surface area (Å²) in [5, 5.41) is 11.3. The van der Waals surface area contributed by atoms with E-state index in [1.807, 2.05) is 0 Å². The summed E-state index contributed by atoms with van der Waals surface area (Å²) in [6.07, 6.45) is -3.71. The molecule has 0 aliphatic carbocycles. The molecule has 2 N–H and O–H groups in total. The lowest BCUT2D eigenvalue weighted by molar-refractivity contribution is -0.146. The second kappa shape index (κ2) is 5.67. The van der Waals surface area contributed by atoms with Crippen LogP contribution < -0.4 is 5.32 Å². The quantitative estimate of drug-likeness (QED) is 0.803. The SMILES string of the molecule is O=C(O)C1=Cc2cc(-c3ccc(F)cc3)ccc2N[C@@H]1C(F)(F)F. The first kappa shape index (κ1) is 16.0. The molecule has 24 heavy (non-hydrogen) atoms. The number of hydrogen-bond acceptors (Lipinski definition) is 2. The summed E-state index contributed by atoms with van der Waals surface area (Å²) in [5.41, 5.74) is 1.05. The molecule has 3 rings (SSSR count). The van der Waals surface area contributed by atoms with Crippen LogP contribution in [0, 0.1) is 5.82 Å². The highest BCUT2D eigenvalue weighted by molar-refractivity contribution is 5.98. The van der Waals surface area contributed by atoms with Crippen molar-refractivity contribution in [1.82, 2.24) is 0 Å². The Hall–Kier alpha value is -2.83. The van der Waals surface area contributed by atoms with Crippen LogP contribution in [0.3, 0.4) is 0 Å². The summed E-state index contributed by atoms with van der Waals surface area (Å²) >= 11 is 0. The van der Waals surface area contributed by atoms with Crippen LogP contribution in [-0.2, 0) is 4.79 Å². The van der Waals surface area contributed by atoms with Crippen LogP contribution in [0.1, 0.15) is 5.56 Å². The van der Waals surface area contributed by atoms with Gasteiger partial charge in [0.1, 0.15) is 5.82 Å². The van der Waals surface area contributed by atoms with Crippen LogP contribution >= 0.6 is 0 Å². The van der Waals surface area contributed by atoms with Gasteiger partial charge in [0.15, 0.2) is 6.04 Å².